The van der Waals surface area contributed by atoms with Crippen LogP contribution in [-0.4, -0.2) is 36.9 Å². The van der Waals surface area contributed by atoms with Crippen molar-refractivity contribution in [3.05, 3.63) is 35.9 Å². The third-order valence-corrected chi connectivity index (χ3v) is 5.14. The fourth-order valence-electron chi connectivity index (χ4n) is 2.27. The summed E-state index contributed by atoms with van der Waals surface area (Å²) < 4.78 is 25.8. The molecule has 1 saturated heterocycles. The van der Waals surface area contributed by atoms with Gasteiger partial charge in [0.1, 0.15) is 0 Å². The molecule has 0 radical (unpaired) electrons. The van der Waals surface area contributed by atoms with Gasteiger partial charge in [0.15, 0.2) is 0 Å². The summed E-state index contributed by atoms with van der Waals surface area (Å²) in [6.45, 7) is 0.503. The Bertz CT molecular complexity index is 541. The number of sulfonamides is 1. The van der Waals surface area contributed by atoms with Crippen LogP contribution in [0.5, 0.6) is 0 Å². The highest BCUT2D eigenvalue weighted by atomic mass is 32.2. The standard InChI is InChI=1S/C13H17NO4S/c15-13(16)12-7-4-8-14(9-12)19(17,18)10-11-5-2-1-3-6-11/h1-3,5-6,12H,4,7-10H2,(H,15,16)/t12-/m0/s1. The van der Waals surface area contributed by atoms with Crippen LogP contribution >= 0.6 is 0 Å². The molecule has 6 heteroatoms. The zero-order valence-corrected chi connectivity index (χ0v) is 11.3. The largest absolute Gasteiger partial charge is 0.481 e. The monoisotopic (exact) mass is 283 g/mol. The third kappa shape index (κ3) is 3.54. The predicted molar refractivity (Wildman–Crippen MR) is 71.0 cm³/mol. The van der Waals surface area contributed by atoms with Gasteiger partial charge in [0.25, 0.3) is 0 Å². The van der Waals surface area contributed by atoms with Gasteiger partial charge >= 0.3 is 5.97 Å². The van der Waals surface area contributed by atoms with Crippen LogP contribution in [0.1, 0.15) is 18.4 Å². The minimum absolute atomic E-state index is 0.0693. The highest BCUT2D eigenvalue weighted by Crippen LogP contribution is 2.21. The van der Waals surface area contributed by atoms with Crippen LogP contribution in [-0.2, 0) is 20.6 Å². The second-order valence-electron chi connectivity index (χ2n) is 4.78. The van der Waals surface area contributed by atoms with E-state index in [0.29, 0.717) is 19.4 Å². The van der Waals surface area contributed by atoms with E-state index in [1.165, 1.54) is 4.31 Å². The van der Waals surface area contributed by atoms with E-state index < -0.39 is 21.9 Å². The van der Waals surface area contributed by atoms with Crippen LogP contribution in [0.4, 0.5) is 0 Å². The van der Waals surface area contributed by atoms with Crippen LogP contribution in [0.15, 0.2) is 30.3 Å². The van der Waals surface area contributed by atoms with Gasteiger partial charge < -0.3 is 5.11 Å². The van der Waals surface area contributed by atoms with E-state index >= 15 is 0 Å². The van der Waals surface area contributed by atoms with Gasteiger partial charge in [-0.3, -0.25) is 4.79 Å². The Balaban J connectivity index is 2.09. The number of hydrogen-bond acceptors (Lipinski definition) is 3. The maximum Gasteiger partial charge on any atom is 0.307 e. The summed E-state index contributed by atoms with van der Waals surface area (Å²) >= 11 is 0. The Morgan fingerprint density at radius 2 is 2.00 bits per heavy atom. The molecule has 0 aromatic heterocycles. The third-order valence-electron chi connectivity index (χ3n) is 3.32. The van der Waals surface area contributed by atoms with E-state index in [0.717, 1.165) is 5.56 Å². The molecule has 1 aromatic carbocycles. The number of rotatable bonds is 4. The highest BCUT2D eigenvalue weighted by Gasteiger charge is 2.32. The van der Waals surface area contributed by atoms with Gasteiger partial charge in [-0.25, -0.2) is 12.7 Å². The fourth-order valence-corrected chi connectivity index (χ4v) is 3.88. The minimum Gasteiger partial charge on any atom is -0.481 e. The lowest BCUT2D eigenvalue weighted by atomic mass is 10.0. The van der Waals surface area contributed by atoms with Crippen molar-refractivity contribution in [3.63, 3.8) is 0 Å². The van der Waals surface area contributed by atoms with E-state index in [-0.39, 0.29) is 12.3 Å². The molecule has 1 aliphatic heterocycles. The van der Waals surface area contributed by atoms with Crippen LogP contribution in [0.3, 0.4) is 0 Å². The molecule has 0 unspecified atom stereocenters. The molecule has 0 amide bonds. The first-order valence-electron chi connectivity index (χ1n) is 6.23. The quantitative estimate of drug-likeness (QED) is 0.904. The molecule has 19 heavy (non-hydrogen) atoms. The van der Waals surface area contributed by atoms with Gasteiger partial charge in [-0.05, 0) is 18.4 Å². The van der Waals surface area contributed by atoms with Gasteiger partial charge in [0.05, 0.1) is 11.7 Å². The topological polar surface area (TPSA) is 74.7 Å². The van der Waals surface area contributed by atoms with E-state index in [1.807, 2.05) is 6.07 Å². The van der Waals surface area contributed by atoms with Crippen molar-refractivity contribution in [1.29, 1.82) is 0 Å². The van der Waals surface area contributed by atoms with Gasteiger partial charge in [0, 0.05) is 13.1 Å². The molecule has 5 nitrogen and oxygen atoms in total. The number of carbonyl (C=O) groups is 1. The minimum atomic E-state index is -3.43. The van der Waals surface area contributed by atoms with Gasteiger partial charge in [-0.15, -0.1) is 0 Å². The fraction of sp³-hybridized carbons (Fsp3) is 0.462. The summed E-state index contributed by atoms with van der Waals surface area (Å²) in [6, 6.07) is 8.94. The van der Waals surface area contributed by atoms with Crippen molar-refractivity contribution >= 4 is 16.0 Å². The molecule has 0 aliphatic carbocycles. The zero-order valence-electron chi connectivity index (χ0n) is 10.5. The van der Waals surface area contributed by atoms with Crippen LogP contribution in [0, 0.1) is 5.92 Å². The number of benzene rings is 1. The maximum absolute atomic E-state index is 12.3. The Kier molecular flexibility index (Phi) is 4.21. The van der Waals surface area contributed by atoms with Crippen LogP contribution in [0.2, 0.25) is 0 Å². The summed E-state index contributed by atoms with van der Waals surface area (Å²) in [5.74, 6) is -1.57. The van der Waals surface area contributed by atoms with Crippen molar-refractivity contribution in [1.82, 2.24) is 4.31 Å². The Hall–Kier alpha value is -1.40. The van der Waals surface area contributed by atoms with Crippen molar-refractivity contribution in [2.45, 2.75) is 18.6 Å². The van der Waals surface area contributed by atoms with E-state index in [1.54, 1.807) is 24.3 Å². The maximum atomic E-state index is 12.3. The highest BCUT2D eigenvalue weighted by molar-refractivity contribution is 7.88. The first kappa shape index (κ1) is 14.0. The predicted octanol–water partition coefficient (Wildman–Crippen LogP) is 1.31. The Labute approximate surface area is 112 Å². The number of hydrogen-bond donors (Lipinski definition) is 1. The lowest BCUT2D eigenvalue weighted by Gasteiger charge is -2.29. The smallest absolute Gasteiger partial charge is 0.307 e. The summed E-state index contributed by atoms with van der Waals surface area (Å²) in [5.41, 5.74) is 0.722. The van der Waals surface area contributed by atoms with Crippen molar-refractivity contribution in [2.24, 2.45) is 5.92 Å². The van der Waals surface area contributed by atoms with Crippen molar-refractivity contribution < 1.29 is 18.3 Å². The van der Waals surface area contributed by atoms with Gasteiger partial charge in [-0.1, -0.05) is 30.3 Å². The SMILES string of the molecule is O=C(O)[C@H]1CCCN(S(=O)(=O)Cc2ccccc2)C1. The van der Waals surface area contributed by atoms with Crippen LogP contribution in [0.25, 0.3) is 0 Å². The number of nitrogens with zero attached hydrogens (tertiary/aromatic N) is 1. The molecule has 1 heterocycles. The molecular weight excluding hydrogens is 266 g/mol. The summed E-state index contributed by atoms with van der Waals surface area (Å²) in [4.78, 5) is 11.0. The molecule has 0 spiro atoms. The van der Waals surface area contributed by atoms with Gasteiger partial charge in [-0.2, -0.15) is 0 Å². The van der Waals surface area contributed by atoms with Crippen molar-refractivity contribution in [3.8, 4) is 0 Å². The Morgan fingerprint density at radius 3 is 2.63 bits per heavy atom. The molecule has 1 aromatic rings. The zero-order chi connectivity index (χ0) is 13.9. The normalized spacial score (nSPS) is 21.2. The first-order valence-corrected chi connectivity index (χ1v) is 7.84. The second kappa shape index (κ2) is 5.71. The van der Waals surface area contributed by atoms with E-state index in [9.17, 15) is 13.2 Å². The number of aliphatic carboxylic acids is 1. The molecule has 2 rings (SSSR count). The lowest BCUT2D eigenvalue weighted by molar-refractivity contribution is -0.142. The van der Waals surface area contributed by atoms with Crippen molar-refractivity contribution in [2.75, 3.05) is 13.1 Å². The van der Waals surface area contributed by atoms with Crippen LogP contribution < -0.4 is 0 Å². The molecular formula is C13H17NO4S. The number of carboxylic acid groups (broad SMARTS) is 1. The number of carboxylic acids is 1. The average Bonchev–Trinajstić information content (AvgIpc) is 2.39. The molecule has 1 atom stereocenters. The summed E-state index contributed by atoms with van der Waals surface area (Å²) in [7, 11) is -3.43. The first-order chi connectivity index (χ1) is 8.99. The number of piperidine rings is 1. The van der Waals surface area contributed by atoms with E-state index in [2.05, 4.69) is 0 Å². The Morgan fingerprint density at radius 1 is 1.32 bits per heavy atom. The molecule has 1 N–H and O–H groups in total. The average molecular weight is 283 g/mol. The molecule has 0 saturated carbocycles. The second-order valence-corrected chi connectivity index (χ2v) is 6.75. The summed E-state index contributed by atoms with van der Waals surface area (Å²) in [5, 5.41) is 8.99. The molecule has 104 valence electrons. The molecule has 1 aliphatic rings. The molecule has 0 bridgehead atoms. The van der Waals surface area contributed by atoms with E-state index in [4.69, 9.17) is 5.11 Å². The molecule has 1 fully saturated rings. The summed E-state index contributed by atoms with van der Waals surface area (Å²) in [6.07, 6.45) is 1.15. The lowest BCUT2D eigenvalue weighted by Crippen LogP contribution is -2.42. The van der Waals surface area contributed by atoms with Gasteiger partial charge in [0.2, 0.25) is 10.0 Å².